The summed E-state index contributed by atoms with van der Waals surface area (Å²) in [4.78, 5) is 13.2. The highest BCUT2D eigenvalue weighted by Crippen LogP contribution is 2.26. The lowest BCUT2D eigenvalue weighted by Crippen LogP contribution is -2.35. The van der Waals surface area contributed by atoms with E-state index >= 15 is 0 Å². The Morgan fingerprint density at radius 3 is 2.44 bits per heavy atom. The number of benzene rings is 1. The topological polar surface area (TPSA) is 26.3 Å². The number of hydrogen-bond donors (Lipinski definition) is 0. The number of rotatable bonds is 6. The van der Waals surface area contributed by atoms with Crippen molar-refractivity contribution in [1.29, 1.82) is 0 Å². The fraction of sp³-hybridized carbons (Fsp3) is 0.462. The van der Waals surface area contributed by atoms with Crippen molar-refractivity contribution in [3.05, 3.63) is 24.3 Å². The normalized spacial score (nSPS) is 13.2. The van der Waals surface area contributed by atoms with E-state index in [9.17, 15) is 4.79 Å². The van der Waals surface area contributed by atoms with Gasteiger partial charge in [-0.1, -0.05) is 13.8 Å². The van der Waals surface area contributed by atoms with E-state index in [1.165, 1.54) is 0 Å². The summed E-state index contributed by atoms with van der Waals surface area (Å²) in [5.41, 5.74) is -0.602. The Labute approximate surface area is 126 Å². The molecule has 0 aliphatic rings. The zero-order valence-electron chi connectivity index (χ0n) is 10.6. The second kappa shape index (κ2) is 6.83. The zero-order valence-corrected chi connectivity index (χ0v) is 13.7. The van der Waals surface area contributed by atoms with Gasteiger partial charge in [0, 0.05) is 16.2 Å². The van der Waals surface area contributed by atoms with E-state index in [4.69, 9.17) is 16.3 Å². The molecule has 0 N–H and O–H groups in total. The first kappa shape index (κ1) is 15.9. The minimum Gasteiger partial charge on any atom is -0.471 e. The zero-order chi connectivity index (χ0) is 13.8. The molecule has 0 amide bonds. The van der Waals surface area contributed by atoms with E-state index in [1.807, 2.05) is 30.5 Å². The standard InChI is InChI=1S/C13H16BrClO2S/c1-13(2,8-15)11(16)12(14)17-9-4-6-10(18-3)7-5-9/h4-7,12H,8H2,1-3H3. The van der Waals surface area contributed by atoms with Gasteiger partial charge in [-0.3, -0.25) is 4.79 Å². The summed E-state index contributed by atoms with van der Waals surface area (Å²) in [6.07, 6.45) is 2.01. The smallest absolute Gasteiger partial charge is 0.211 e. The van der Waals surface area contributed by atoms with Crippen LogP contribution in [0.2, 0.25) is 0 Å². The van der Waals surface area contributed by atoms with Gasteiger partial charge in [0.15, 0.2) is 5.78 Å². The second-order valence-corrected chi connectivity index (χ2v) is 6.47. The number of Topliss-reactive ketones (excluding diaryl/α,β-unsaturated/α-hetero) is 1. The van der Waals surface area contributed by atoms with Crippen molar-refractivity contribution in [2.75, 3.05) is 12.1 Å². The number of halogens is 2. The Balaban J connectivity index is 2.69. The SMILES string of the molecule is CSc1ccc(OC(Br)C(=O)C(C)(C)CCl)cc1. The molecule has 1 aromatic carbocycles. The molecule has 1 atom stereocenters. The molecule has 0 heterocycles. The van der Waals surface area contributed by atoms with Crippen LogP contribution in [-0.4, -0.2) is 22.9 Å². The van der Waals surface area contributed by atoms with Crippen LogP contribution in [0.5, 0.6) is 5.75 Å². The first-order valence-electron chi connectivity index (χ1n) is 5.46. The lowest BCUT2D eigenvalue weighted by atomic mass is 9.91. The number of ketones is 1. The maximum Gasteiger partial charge on any atom is 0.211 e. The summed E-state index contributed by atoms with van der Waals surface area (Å²) in [5.74, 6) is 0.864. The Bertz CT molecular complexity index is 406. The number of hydrogen-bond acceptors (Lipinski definition) is 3. The van der Waals surface area contributed by atoms with E-state index in [2.05, 4.69) is 15.9 Å². The number of ether oxygens (including phenoxy) is 1. The van der Waals surface area contributed by atoms with Crippen molar-refractivity contribution in [2.24, 2.45) is 5.41 Å². The van der Waals surface area contributed by atoms with Crippen LogP contribution in [-0.2, 0) is 4.79 Å². The van der Waals surface area contributed by atoms with Crippen LogP contribution in [0, 0.1) is 5.41 Å². The van der Waals surface area contributed by atoms with Crippen LogP contribution < -0.4 is 4.74 Å². The molecule has 0 saturated carbocycles. The molecule has 0 bridgehead atoms. The van der Waals surface area contributed by atoms with E-state index in [0.717, 1.165) is 4.90 Å². The van der Waals surface area contributed by atoms with Crippen LogP contribution in [0.1, 0.15) is 13.8 Å². The maximum absolute atomic E-state index is 12.1. The molecule has 0 radical (unpaired) electrons. The van der Waals surface area contributed by atoms with E-state index < -0.39 is 10.4 Å². The molecule has 0 aromatic heterocycles. The van der Waals surface area contributed by atoms with Crippen LogP contribution in [0.4, 0.5) is 0 Å². The van der Waals surface area contributed by atoms with Crippen molar-refractivity contribution in [2.45, 2.75) is 23.8 Å². The monoisotopic (exact) mass is 350 g/mol. The summed E-state index contributed by atoms with van der Waals surface area (Å²) in [7, 11) is 0. The molecule has 2 nitrogen and oxygen atoms in total. The fourth-order valence-corrected chi connectivity index (χ4v) is 2.58. The average molecular weight is 352 g/mol. The third-order valence-electron chi connectivity index (χ3n) is 2.51. The predicted octanol–water partition coefficient (Wildman–Crippen LogP) is 4.34. The number of alkyl halides is 2. The highest BCUT2D eigenvalue weighted by atomic mass is 79.9. The fourth-order valence-electron chi connectivity index (χ4n) is 1.20. The van der Waals surface area contributed by atoms with Gasteiger partial charge in [-0.15, -0.1) is 23.4 Å². The van der Waals surface area contributed by atoms with Crippen LogP contribution in [0.15, 0.2) is 29.2 Å². The largest absolute Gasteiger partial charge is 0.471 e. The van der Waals surface area contributed by atoms with Gasteiger partial charge in [-0.05, 0) is 46.5 Å². The van der Waals surface area contributed by atoms with Crippen molar-refractivity contribution in [3.8, 4) is 5.75 Å². The van der Waals surface area contributed by atoms with Crippen molar-refractivity contribution in [1.82, 2.24) is 0 Å². The van der Waals surface area contributed by atoms with Gasteiger partial charge in [-0.2, -0.15) is 0 Å². The molecule has 0 aliphatic heterocycles. The molecule has 18 heavy (non-hydrogen) atoms. The lowest BCUT2D eigenvalue weighted by molar-refractivity contribution is -0.129. The molecule has 0 saturated heterocycles. The van der Waals surface area contributed by atoms with E-state index in [0.29, 0.717) is 5.75 Å². The maximum atomic E-state index is 12.1. The van der Waals surface area contributed by atoms with Crippen molar-refractivity contribution < 1.29 is 9.53 Å². The number of thioether (sulfide) groups is 1. The lowest BCUT2D eigenvalue weighted by Gasteiger charge is -2.23. The molecule has 0 fully saturated rings. The quantitative estimate of drug-likeness (QED) is 0.563. The van der Waals surface area contributed by atoms with Gasteiger partial charge < -0.3 is 4.74 Å². The van der Waals surface area contributed by atoms with E-state index in [1.54, 1.807) is 25.6 Å². The van der Waals surface area contributed by atoms with Gasteiger partial charge in [-0.25, -0.2) is 0 Å². The second-order valence-electron chi connectivity index (χ2n) is 4.49. The average Bonchev–Trinajstić information content (AvgIpc) is 2.38. The predicted molar refractivity (Wildman–Crippen MR) is 81.1 cm³/mol. The summed E-state index contributed by atoms with van der Waals surface area (Å²) in [5, 5.41) is -0.675. The summed E-state index contributed by atoms with van der Waals surface area (Å²) in [6.45, 7) is 3.60. The van der Waals surface area contributed by atoms with Gasteiger partial charge in [0.05, 0.1) is 0 Å². The van der Waals surface area contributed by atoms with Crippen LogP contribution in [0.3, 0.4) is 0 Å². The molecule has 1 unspecified atom stereocenters. The third kappa shape index (κ3) is 4.18. The molecule has 100 valence electrons. The Kier molecular flexibility index (Phi) is 6.02. The first-order chi connectivity index (χ1) is 8.40. The third-order valence-corrected chi connectivity index (χ3v) is 4.52. The Hall–Kier alpha value is -0.190. The van der Waals surface area contributed by atoms with E-state index in [-0.39, 0.29) is 11.7 Å². The van der Waals surface area contributed by atoms with Crippen molar-refractivity contribution in [3.63, 3.8) is 0 Å². The van der Waals surface area contributed by atoms with Gasteiger partial charge in [0.1, 0.15) is 5.75 Å². The molecule has 0 spiro atoms. The molecule has 1 aromatic rings. The molecule has 1 rings (SSSR count). The van der Waals surface area contributed by atoms with Gasteiger partial charge in [0.2, 0.25) is 5.01 Å². The highest BCUT2D eigenvalue weighted by Gasteiger charge is 2.33. The van der Waals surface area contributed by atoms with Crippen LogP contribution in [0.25, 0.3) is 0 Å². The van der Waals surface area contributed by atoms with Gasteiger partial charge >= 0.3 is 0 Å². The molecular formula is C13H16BrClO2S. The molecule has 0 aliphatic carbocycles. The summed E-state index contributed by atoms with van der Waals surface area (Å²) < 4.78 is 5.56. The number of carbonyl (C=O) groups excluding carboxylic acids is 1. The summed E-state index contributed by atoms with van der Waals surface area (Å²) in [6, 6.07) is 7.61. The number of carbonyl (C=O) groups is 1. The highest BCUT2D eigenvalue weighted by molar-refractivity contribution is 9.09. The Morgan fingerprint density at radius 2 is 2.00 bits per heavy atom. The minimum atomic E-state index is -0.675. The first-order valence-corrected chi connectivity index (χ1v) is 8.13. The minimum absolute atomic E-state index is 0.0635. The summed E-state index contributed by atoms with van der Waals surface area (Å²) >= 11 is 10.7. The van der Waals surface area contributed by atoms with Gasteiger partial charge in [0.25, 0.3) is 0 Å². The molecular weight excluding hydrogens is 336 g/mol. The van der Waals surface area contributed by atoms with Crippen molar-refractivity contribution >= 4 is 45.1 Å². The van der Waals surface area contributed by atoms with Crippen LogP contribution >= 0.6 is 39.3 Å². The molecule has 5 heteroatoms. The Morgan fingerprint density at radius 1 is 1.44 bits per heavy atom.